The first-order valence-corrected chi connectivity index (χ1v) is 8.39. The maximum absolute atomic E-state index is 12.9. The molecule has 8 heteroatoms. The van der Waals surface area contributed by atoms with Gasteiger partial charge < -0.3 is 19.3 Å². The quantitative estimate of drug-likeness (QED) is 0.882. The normalized spacial score (nSPS) is 21.4. The smallest absolute Gasteiger partial charge is 0.254 e. The Bertz CT molecular complexity index is 748. The molecule has 0 bridgehead atoms. The van der Waals surface area contributed by atoms with Crippen molar-refractivity contribution in [1.29, 1.82) is 0 Å². The first kappa shape index (κ1) is 17.3. The van der Waals surface area contributed by atoms with Crippen LogP contribution >= 0.6 is 0 Å². The summed E-state index contributed by atoms with van der Waals surface area (Å²) in [7, 11) is 0. The van der Waals surface area contributed by atoms with Crippen molar-refractivity contribution in [1.82, 2.24) is 20.0 Å². The van der Waals surface area contributed by atoms with Crippen molar-refractivity contribution < 1.29 is 19.2 Å². The number of aliphatic hydroxyl groups excluding tert-OH is 1. The average Bonchev–Trinajstić information content (AvgIpc) is 3.20. The number of aromatic nitrogens is 3. The number of amides is 1. The molecule has 134 valence electrons. The molecular weight excluding hydrogens is 324 g/mol. The Labute approximate surface area is 145 Å². The van der Waals surface area contributed by atoms with Crippen LogP contribution in [0.2, 0.25) is 0 Å². The Morgan fingerprint density at radius 2 is 2.36 bits per heavy atom. The van der Waals surface area contributed by atoms with E-state index in [-0.39, 0.29) is 18.6 Å². The van der Waals surface area contributed by atoms with E-state index >= 15 is 0 Å². The fraction of sp³-hybridized carbons (Fsp3) is 0.529. The van der Waals surface area contributed by atoms with Crippen LogP contribution < -0.4 is 4.74 Å². The first-order chi connectivity index (χ1) is 12.0. The molecule has 0 saturated carbocycles. The van der Waals surface area contributed by atoms with E-state index in [1.807, 2.05) is 13.8 Å². The van der Waals surface area contributed by atoms with Gasteiger partial charge in [-0.15, -0.1) is 0 Å². The SMILES string of the molecule is CC[C@H](C)Oc1cc(C(=O)N2C[C@H](O)C[C@@H]2c2nc(C)no2)ccn1. The molecule has 1 aliphatic rings. The highest BCUT2D eigenvalue weighted by atomic mass is 16.5. The topological polar surface area (TPSA) is 102 Å². The van der Waals surface area contributed by atoms with E-state index in [9.17, 15) is 9.90 Å². The zero-order valence-corrected chi connectivity index (χ0v) is 14.5. The van der Waals surface area contributed by atoms with Crippen molar-refractivity contribution in [2.75, 3.05) is 6.54 Å². The lowest BCUT2D eigenvalue weighted by molar-refractivity contribution is 0.0692. The minimum atomic E-state index is -0.626. The highest BCUT2D eigenvalue weighted by Crippen LogP contribution is 2.32. The van der Waals surface area contributed by atoms with E-state index in [1.54, 1.807) is 30.2 Å². The molecular formula is C17H22N4O4. The van der Waals surface area contributed by atoms with Crippen LogP contribution in [0.15, 0.2) is 22.9 Å². The van der Waals surface area contributed by atoms with Crippen LogP contribution in [0.5, 0.6) is 5.88 Å². The van der Waals surface area contributed by atoms with Crippen LogP contribution in [0.1, 0.15) is 54.8 Å². The zero-order valence-electron chi connectivity index (χ0n) is 14.5. The van der Waals surface area contributed by atoms with Gasteiger partial charge in [0.1, 0.15) is 6.04 Å². The molecule has 3 atom stereocenters. The number of nitrogens with zero attached hydrogens (tertiary/aromatic N) is 4. The van der Waals surface area contributed by atoms with Crippen LogP contribution in [-0.4, -0.2) is 49.8 Å². The van der Waals surface area contributed by atoms with Crippen molar-refractivity contribution >= 4 is 5.91 Å². The number of hydrogen-bond acceptors (Lipinski definition) is 7. The lowest BCUT2D eigenvalue weighted by Crippen LogP contribution is -2.32. The summed E-state index contributed by atoms with van der Waals surface area (Å²) in [5.74, 6) is 1.02. The van der Waals surface area contributed by atoms with Crippen molar-refractivity contribution in [3.05, 3.63) is 35.6 Å². The molecule has 0 aliphatic carbocycles. The molecule has 25 heavy (non-hydrogen) atoms. The molecule has 1 aliphatic heterocycles. The number of carbonyl (C=O) groups is 1. The van der Waals surface area contributed by atoms with Gasteiger partial charge in [0, 0.05) is 30.8 Å². The minimum absolute atomic E-state index is 0.0144. The van der Waals surface area contributed by atoms with Gasteiger partial charge in [-0.3, -0.25) is 4.79 Å². The largest absolute Gasteiger partial charge is 0.475 e. The Kier molecular flexibility index (Phi) is 4.98. The molecule has 1 N–H and O–H groups in total. The van der Waals surface area contributed by atoms with Gasteiger partial charge in [-0.05, 0) is 26.3 Å². The zero-order chi connectivity index (χ0) is 18.0. The molecule has 0 radical (unpaired) electrons. The molecule has 1 saturated heterocycles. The van der Waals surface area contributed by atoms with E-state index in [2.05, 4.69) is 15.1 Å². The second kappa shape index (κ2) is 7.18. The second-order valence-corrected chi connectivity index (χ2v) is 6.26. The van der Waals surface area contributed by atoms with Crippen molar-refractivity contribution in [2.45, 2.75) is 51.9 Å². The minimum Gasteiger partial charge on any atom is -0.475 e. The average molecular weight is 346 g/mol. The fourth-order valence-electron chi connectivity index (χ4n) is 2.78. The number of β-amino-alcohol motifs (C(OH)–C–C–N with tert-alkyl or cyclic N) is 1. The highest BCUT2D eigenvalue weighted by Gasteiger charge is 2.39. The van der Waals surface area contributed by atoms with Gasteiger partial charge in [-0.2, -0.15) is 4.98 Å². The van der Waals surface area contributed by atoms with Crippen LogP contribution in [0, 0.1) is 6.92 Å². The van der Waals surface area contributed by atoms with Crippen molar-refractivity contribution in [3.8, 4) is 5.88 Å². The summed E-state index contributed by atoms with van der Waals surface area (Å²) in [5, 5.41) is 13.8. The summed E-state index contributed by atoms with van der Waals surface area (Å²) < 4.78 is 10.9. The summed E-state index contributed by atoms with van der Waals surface area (Å²) in [5.41, 5.74) is 0.448. The standard InChI is InChI=1S/C17H22N4O4/c1-4-10(2)24-15-7-12(5-6-18-15)17(23)21-9-13(22)8-14(21)16-19-11(3)20-25-16/h5-7,10,13-14,22H,4,8-9H2,1-3H3/t10-,13+,14+/m0/s1. The van der Waals surface area contributed by atoms with Gasteiger partial charge in [0.15, 0.2) is 5.82 Å². The predicted molar refractivity (Wildman–Crippen MR) is 88.1 cm³/mol. The third-order valence-electron chi connectivity index (χ3n) is 4.25. The lowest BCUT2D eigenvalue weighted by Gasteiger charge is -2.22. The maximum Gasteiger partial charge on any atom is 0.254 e. The maximum atomic E-state index is 12.9. The van der Waals surface area contributed by atoms with Gasteiger partial charge in [0.05, 0.1) is 12.2 Å². The molecule has 0 aromatic carbocycles. The summed E-state index contributed by atoms with van der Waals surface area (Å²) in [4.78, 5) is 22.8. The molecule has 2 aromatic heterocycles. The summed E-state index contributed by atoms with van der Waals surface area (Å²) >= 11 is 0. The third kappa shape index (κ3) is 3.79. The predicted octanol–water partition coefficient (Wildman–Crippen LogP) is 1.90. The number of aliphatic hydroxyl groups is 1. The van der Waals surface area contributed by atoms with Crippen molar-refractivity contribution in [2.24, 2.45) is 0 Å². The second-order valence-electron chi connectivity index (χ2n) is 6.26. The molecule has 8 nitrogen and oxygen atoms in total. The summed E-state index contributed by atoms with van der Waals surface area (Å²) in [6, 6.07) is 2.82. The number of likely N-dealkylation sites (tertiary alicyclic amines) is 1. The van der Waals surface area contributed by atoms with E-state index < -0.39 is 12.1 Å². The van der Waals surface area contributed by atoms with Crippen LogP contribution in [-0.2, 0) is 0 Å². The number of aryl methyl sites for hydroxylation is 1. The molecule has 0 spiro atoms. The summed E-state index contributed by atoms with van der Waals surface area (Å²) in [6.45, 7) is 5.89. The van der Waals surface area contributed by atoms with Crippen LogP contribution in [0.3, 0.4) is 0 Å². The fourth-order valence-corrected chi connectivity index (χ4v) is 2.78. The molecule has 0 unspecified atom stereocenters. The van der Waals surface area contributed by atoms with E-state index in [0.29, 0.717) is 29.6 Å². The number of hydrogen-bond donors (Lipinski definition) is 1. The summed E-state index contributed by atoms with van der Waals surface area (Å²) in [6.07, 6.45) is 2.15. The van der Waals surface area contributed by atoms with Gasteiger partial charge in [-0.25, -0.2) is 4.98 Å². The number of carbonyl (C=O) groups excluding carboxylic acids is 1. The van der Waals surface area contributed by atoms with E-state index in [0.717, 1.165) is 6.42 Å². The van der Waals surface area contributed by atoms with Gasteiger partial charge in [0.2, 0.25) is 11.8 Å². The third-order valence-corrected chi connectivity index (χ3v) is 4.25. The highest BCUT2D eigenvalue weighted by molar-refractivity contribution is 5.94. The van der Waals surface area contributed by atoms with E-state index in [1.165, 1.54) is 0 Å². The molecule has 1 fully saturated rings. The van der Waals surface area contributed by atoms with Crippen molar-refractivity contribution in [3.63, 3.8) is 0 Å². The Hall–Kier alpha value is -2.48. The van der Waals surface area contributed by atoms with E-state index in [4.69, 9.17) is 9.26 Å². The Morgan fingerprint density at radius 3 is 3.04 bits per heavy atom. The van der Waals surface area contributed by atoms with Gasteiger partial charge in [-0.1, -0.05) is 12.1 Å². The number of ether oxygens (including phenoxy) is 1. The monoisotopic (exact) mass is 346 g/mol. The van der Waals surface area contributed by atoms with Gasteiger partial charge >= 0.3 is 0 Å². The number of pyridine rings is 1. The molecule has 3 rings (SSSR count). The van der Waals surface area contributed by atoms with Crippen LogP contribution in [0.4, 0.5) is 0 Å². The van der Waals surface area contributed by atoms with Crippen LogP contribution in [0.25, 0.3) is 0 Å². The number of rotatable bonds is 5. The first-order valence-electron chi connectivity index (χ1n) is 8.39. The molecule has 1 amide bonds. The Balaban J connectivity index is 1.82. The molecule has 3 heterocycles. The molecule has 2 aromatic rings. The lowest BCUT2D eigenvalue weighted by atomic mass is 10.2. The Morgan fingerprint density at radius 1 is 1.56 bits per heavy atom. The van der Waals surface area contributed by atoms with Gasteiger partial charge in [0.25, 0.3) is 5.91 Å².